The van der Waals surface area contributed by atoms with E-state index < -0.39 is 0 Å². The van der Waals surface area contributed by atoms with Crippen LogP contribution in [0.1, 0.15) is 22.7 Å². The van der Waals surface area contributed by atoms with Crippen molar-refractivity contribution in [2.45, 2.75) is 13.0 Å². The zero-order chi connectivity index (χ0) is 14.0. The van der Waals surface area contributed by atoms with Crippen LogP contribution in [0.15, 0.2) is 40.9 Å². The Morgan fingerprint density at radius 3 is 2.53 bits per heavy atom. The minimum Gasteiger partial charge on any atom is -0.497 e. The molecule has 0 spiro atoms. The highest BCUT2D eigenvalue weighted by atomic mass is 79.9. The molecule has 0 aromatic heterocycles. The molecule has 19 heavy (non-hydrogen) atoms. The maximum absolute atomic E-state index is 6.32. The second-order valence-corrected chi connectivity index (χ2v) is 5.72. The van der Waals surface area contributed by atoms with Crippen molar-refractivity contribution in [2.24, 2.45) is 5.73 Å². The Kier molecular flexibility index (Phi) is 4.50. The first kappa shape index (κ1) is 14.4. The van der Waals surface area contributed by atoms with E-state index in [1.54, 1.807) is 7.11 Å². The second kappa shape index (κ2) is 5.95. The Morgan fingerprint density at radius 2 is 1.95 bits per heavy atom. The summed E-state index contributed by atoms with van der Waals surface area (Å²) in [6.45, 7) is 2.01. The molecule has 2 aromatic carbocycles. The molecular weight excluding hydrogens is 326 g/mol. The smallest absolute Gasteiger partial charge is 0.120 e. The van der Waals surface area contributed by atoms with Gasteiger partial charge in [-0.2, -0.15) is 0 Å². The molecule has 0 heterocycles. The average molecular weight is 341 g/mol. The van der Waals surface area contributed by atoms with Gasteiger partial charge in [0.25, 0.3) is 0 Å². The fourth-order valence-corrected chi connectivity index (χ4v) is 2.91. The van der Waals surface area contributed by atoms with Crippen molar-refractivity contribution in [3.8, 4) is 5.75 Å². The Hall–Kier alpha value is -1.03. The molecule has 0 bridgehead atoms. The Balaban J connectivity index is 2.40. The minimum atomic E-state index is -0.224. The van der Waals surface area contributed by atoms with E-state index in [1.165, 1.54) is 0 Å². The van der Waals surface area contributed by atoms with Gasteiger partial charge in [0.2, 0.25) is 0 Å². The first-order chi connectivity index (χ1) is 9.01. The molecule has 2 nitrogen and oxygen atoms in total. The number of aryl methyl sites for hydroxylation is 1. The molecule has 100 valence electrons. The van der Waals surface area contributed by atoms with E-state index in [1.807, 2.05) is 43.3 Å². The highest BCUT2D eigenvalue weighted by molar-refractivity contribution is 9.10. The lowest BCUT2D eigenvalue weighted by Gasteiger charge is -2.16. The molecule has 2 aromatic rings. The van der Waals surface area contributed by atoms with E-state index in [4.69, 9.17) is 22.1 Å². The van der Waals surface area contributed by atoms with Crippen LogP contribution in [0.5, 0.6) is 5.75 Å². The molecule has 1 atom stereocenters. The quantitative estimate of drug-likeness (QED) is 0.895. The van der Waals surface area contributed by atoms with Crippen molar-refractivity contribution in [1.29, 1.82) is 0 Å². The second-order valence-electron chi connectivity index (χ2n) is 4.43. The number of methoxy groups -OCH3 is 1. The lowest BCUT2D eigenvalue weighted by molar-refractivity contribution is 0.414. The normalized spacial score (nSPS) is 12.3. The van der Waals surface area contributed by atoms with Crippen molar-refractivity contribution >= 4 is 27.5 Å². The van der Waals surface area contributed by atoms with Gasteiger partial charge in [-0.1, -0.05) is 39.7 Å². The summed E-state index contributed by atoms with van der Waals surface area (Å²) in [6.07, 6.45) is 0. The molecule has 4 heteroatoms. The van der Waals surface area contributed by atoms with E-state index in [-0.39, 0.29) is 6.04 Å². The predicted molar refractivity (Wildman–Crippen MR) is 82.9 cm³/mol. The number of hydrogen-bond donors (Lipinski definition) is 1. The van der Waals surface area contributed by atoms with Gasteiger partial charge >= 0.3 is 0 Å². The summed E-state index contributed by atoms with van der Waals surface area (Å²) >= 11 is 9.61. The van der Waals surface area contributed by atoms with Gasteiger partial charge in [-0.3, -0.25) is 0 Å². The molecule has 2 rings (SSSR count). The van der Waals surface area contributed by atoms with Gasteiger partial charge < -0.3 is 10.5 Å². The van der Waals surface area contributed by atoms with Gasteiger partial charge in [-0.05, 0) is 47.9 Å². The number of ether oxygens (including phenoxy) is 1. The van der Waals surface area contributed by atoms with Crippen LogP contribution in [0, 0.1) is 6.92 Å². The molecule has 0 radical (unpaired) electrons. The van der Waals surface area contributed by atoms with Crippen LogP contribution < -0.4 is 10.5 Å². The van der Waals surface area contributed by atoms with E-state index in [9.17, 15) is 0 Å². The lowest BCUT2D eigenvalue weighted by Crippen LogP contribution is -2.12. The molecule has 0 saturated carbocycles. The molecule has 0 saturated heterocycles. The van der Waals surface area contributed by atoms with Crippen molar-refractivity contribution < 1.29 is 4.74 Å². The molecule has 1 unspecified atom stereocenters. The van der Waals surface area contributed by atoms with Crippen LogP contribution in [0.4, 0.5) is 0 Å². The number of nitrogens with two attached hydrogens (primary N) is 1. The summed E-state index contributed by atoms with van der Waals surface area (Å²) in [5.74, 6) is 0.796. The number of halogens is 2. The third-order valence-electron chi connectivity index (χ3n) is 2.97. The molecule has 0 fully saturated rings. The summed E-state index contributed by atoms with van der Waals surface area (Å²) < 4.78 is 6.11. The number of rotatable bonds is 3. The van der Waals surface area contributed by atoms with Crippen molar-refractivity contribution in [1.82, 2.24) is 0 Å². The van der Waals surface area contributed by atoms with Crippen molar-refractivity contribution in [3.63, 3.8) is 0 Å². The molecule has 0 amide bonds. The first-order valence-electron chi connectivity index (χ1n) is 5.87. The van der Waals surface area contributed by atoms with Gasteiger partial charge in [0.1, 0.15) is 5.75 Å². The maximum atomic E-state index is 6.32. The Labute approximate surface area is 126 Å². The standard InChI is InChI=1S/C15H15BrClNO/c1-9-5-10(7-11(17)6-9)15(18)13-4-3-12(19-2)8-14(13)16/h3-8,15H,18H2,1-2H3. The minimum absolute atomic E-state index is 0.224. The average Bonchev–Trinajstić information content (AvgIpc) is 2.36. The molecule has 2 N–H and O–H groups in total. The van der Waals surface area contributed by atoms with E-state index in [0.29, 0.717) is 5.02 Å². The molecule has 0 aliphatic carbocycles. The summed E-state index contributed by atoms with van der Waals surface area (Å²) in [4.78, 5) is 0. The summed E-state index contributed by atoms with van der Waals surface area (Å²) in [5.41, 5.74) is 9.42. The lowest BCUT2D eigenvalue weighted by atomic mass is 9.98. The van der Waals surface area contributed by atoms with Crippen molar-refractivity contribution in [3.05, 3.63) is 62.6 Å². The Morgan fingerprint density at radius 1 is 1.21 bits per heavy atom. The summed E-state index contributed by atoms with van der Waals surface area (Å²) in [6, 6.07) is 11.4. The largest absolute Gasteiger partial charge is 0.497 e. The van der Waals surface area contributed by atoms with E-state index in [0.717, 1.165) is 26.9 Å². The fraction of sp³-hybridized carbons (Fsp3) is 0.200. The fourth-order valence-electron chi connectivity index (χ4n) is 2.01. The van der Waals surface area contributed by atoms with Crippen LogP contribution in [0.3, 0.4) is 0 Å². The zero-order valence-corrected chi connectivity index (χ0v) is 13.1. The highest BCUT2D eigenvalue weighted by Gasteiger charge is 2.13. The number of hydrogen-bond acceptors (Lipinski definition) is 2. The zero-order valence-electron chi connectivity index (χ0n) is 10.8. The van der Waals surface area contributed by atoms with Crippen LogP contribution in [-0.4, -0.2) is 7.11 Å². The van der Waals surface area contributed by atoms with Gasteiger partial charge in [-0.25, -0.2) is 0 Å². The van der Waals surface area contributed by atoms with E-state index >= 15 is 0 Å². The van der Waals surface area contributed by atoms with Crippen LogP contribution in [0.25, 0.3) is 0 Å². The Bertz CT molecular complexity index is 580. The first-order valence-corrected chi connectivity index (χ1v) is 7.04. The van der Waals surface area contributed by atoms with Crippen LogP contribution in [-0.2, 0) is 0 Å². The van der Waals surface area contributed by atoms with Crippen molar-refractivity contribution in [2.75, 3.05) is 7.11 Å². The predicted octanol–water partition coefficient (Wildman–Crippen LogP) is 4.47. The van der Waals surface area contributed by atoms with Crippen LogP contribution >= 0.6 is 27.5 Å². The maximum Gasteiger partial charge on any atom is 0.120 e. The monoisotopic (exact) mass is 339 g/mol. The van der Waals surface area contributed by atoms with Gasteiger partial charge in [0.15, 0.2) is 0 Å². The highest BCUT2D eigenvalue weighted by Crippen LogP contribution is 2.31. The van der Waals surface area contributed by atoms with E-state index in [2.05, 4.69) is 15.9 Å². The van der Waals surface area contributed by atoms with Gasteiger partial charge in [0, 0.05) is 9.50 Å². The van der Waals surface area contributed by atoms with Gasteiger partial charge in [-0.15, -0.1) is 0 Å². The summed E-state index contributed by atoms with van der Waals surface area (Å²) in [5, 5.41) is 0.704. The van der Waals surface area contributed by atoms with Gasteiger partial charge in [0.05, 0.1) is 13.2 Å². The molecule has 0 aliphatic heterocycles. The number of benzene rings is 2. The third kappa shape index (κ3) is 3.30. The summed E-state index contributed by atoms with van der Waals surface area (Å²) in [7, 11) is 1.64. The SMILES string of the molecule is COc1ccc(C(N)c2cc(C)cc(Cl)c2)c(Br)c1. The molecule has 0 aliphatic rings. The van der Waals surface area contributed by atoms with Crippen LogP contribution in [0.2, 0.25) is 5.02 Å². The third-order valence-corrected chi connectivity index (χ3v) is 3.87. The topological polar surface area (TPSA) is 35.2 Å². The molecular formula is C15H15BrClNO.